The van der Waals surface area contributed by atoms with Crippen LogP contribution in [0.2, 0.25) is 0 Å². The molecule has 1 fully saturated rings. The zero-order valence-electron chi connectivity index (χ0n) is 14.3. The SMILES string of the molecule is O=S1(=O)CCC(N(Cc2cccs2)S(=O)(=O)c2ccc3c(c2)CCC3)C1. The molecule has 1 aromatic heterocycles. The van der Waals surface area contributed by atoms with E-state index in [0.717, 1.165) is 29.7 Å². The molecule has 5 nitrogen and oxygen atoms in total. The first-order chi connectivity index (χ1) is 12.4. The van der Waals surface area contributed by atoms with Gasteiger partial charge in [0.15, 0.2) is 9.84 Å². The second-order valence-corrected chi connectivity index (χ2v) is 12.1. The van der Waals surface area contributed by atoms with E-state index in [-0.39, 0.29) is 22.9 Å². The van der Waals surface area contributed by atoms with Gasteiger partial charge in [0.1, 0.15) is 0 Å². The molecule has 2 heterocycles. The van der Waals surface area contributed by atoms with Crippen molar-refractivity contribution in [2.75, 3.05) is 11.5 Å². The summed E-state index contributed by atoms with van der Waals surface area (Å²) in [5, 5.41) is 1.90. The standard InChI is InChI=1S/C18H21NO4S3/c20-25(21)10-8-16(13-25)19(12-17-5-2-9-24-17)26(22,23)18-7-6-14-3-1-4-15(14)11-18/h2,5-7,9,11,16H,1,3-4,8,10,12-13H2. The van der Waals surface area contributed by atoms with Gasteiger partial charge in [-0.1, -0.05) is 12.1 Å². The van der Waals surface area contributed by atoms with Crippen LogP contribution in [-0.2, 0) is 39.2 Å². The van der Waals surface area contributed by atoms with E-state index in [9.17, 15) is 16.8 Å². The summed E-state index contributed by atoms with van der Waals surface area (Å²) >= 11 is 1.49. The number of hydrogen-bond donors (Lipinski definition) is 0. The summed E-state index contributed by atoms with van der Waals surface area (Å²) < 4.78 is 52.1. The number of rotatable bonds is 5. The molecule has 1 aromatic carbocycles. The smallest absolute Gasteiger partial charge is 0.229 e. The number of sulfonamides is 1. The number of nitrogens with zero attached hydrogens (tertiary/aromatic N) is 1. The van der Waals surface area contributed by atoms with Gasteiger partial charge in [-0.15, -0.1) is 11.3 Å². The van der Waals surface area contributed by atoms with Crippen molar-refractivity contribution in [1.29, 1.82) is 0 Å². The van der Waals surface area contributed by atoms with Crippen molar-refractivity contribution >= 4 is 31.2 Å². The summed E-state index contributed by atoms with van der Waals surface area (Å²) in [5.41, 5.74) is 2.32. The third-order valence-corrected chi connectivity index (χ3v) is 9.69. The molecule has 0 bridgehead atoms. The first-order valence-electron chi connectivity index (χ1n) is 8.72. The average molecular weight is 412 g/mol. The van der Waals surface area contributed by atoms with Crippen LogP contribution in [0.1, 0.15) is 28.8 Å². The maximum atomic E-state index is 13.4. The second kappa shape index (κ2) is 6.74. The zero-order chi connectivity index (χ0) is 18.4. The van der Waals surface area contributed by atoms with Crippen LogP contribution in [0.4, 0.5) is 0 Å². The van der Waals surface area contributed by atoms with Crippen LogP contribution in [0, 0.1) is 0 Å². The van der Waals surface area contributed by atoms with Crippen LogP contribution in [-0.4, -0.2) is 38.7 Å². The molecule has 26 heavy (non-hydrogen) atoms. The number of aryl methyl sites for hydroxylation is 2. The fourth-order valence-corrected chi connectivity index (χ4v) is 8.11. The van der Waals surface area contributed by atoms with Crippen LogP contribution in [0.3, 0.4) is 0 Å². The molecule has 1 aliphatic heterocycles. The van der Waals surface area contributed by atoms with Crippen molar-refractivity contribution in [3.05, 3.63) is 51.7 Å². The van der Waals surface area contributed by atoms with Crippen molar-refractivity contribution in [2.45, 2.75) is 43.2 Å². The predicted octanol–water partition coefficient (Wildman–Crippen LogP) is 2.61. The molecular formula is C18H21NO4S3. The highest BCUT2D eigenvalue weighted by Gasteiger charge is 2.39. The van der Waals surface area contributed by atoms with Gasteiger partial charge in [-0.3, -0.25) is 0 Å². The summed E-state index contributed by atoms with van der Waals surface area (Å²) in [6, 6.07) is 8.63. The molecule has 1 saturated heterocycles. The topological polar surface area (TPSA) is 71.5 Å². The fraction of sp³-hybridized carbons (Fsp3) is 0.444. The maximum absolute atomic E-state index is 13.4. The Kier molecular flexibility index (Phi) is 4.71. The molecule has 8 heteroatoms. The van der Waals surface area contributed by atoms with Crippen molar-refractivity contribution in [1.82, 2.24) is 4.31 Å². The number of hydrogen-bond acceptors (Lipinski definition) is 5. The summed E-state index contributed by atoms with van der Waals surface area (Å²) in [7, 11) is -6.93. The Balaban J connectivity index is 1.72. The van der Waals surface area contributed by atoms with Gasteiger partial charge in [0, 0.05) is 17.5 Å². The van der Waals surface area contributed by atoms with Crippen LogP contribution in [0.5, 0.6) is 0 Å². The molecule has 1 aliphatic carbocycles. The van der Waals surface area contributed by atoms with Crippen molar-refractivity contribution in [3.8, 4) is 0 Å². The van der Waals surface area contributed by atoms with E-state index in [1.807, 2.05) is 23.6 Å². The number of fused-ring (bicyclic) bond motifs is 1. The van der Waals surface area contributed by atoms with E-state index in [2.05, 4.69) is 0 Å². The third-order valence-electron chi connectivity index (χ3n) is 5.18. The minimum Gasteiger partial charge on any atom is -0.229 e. The molecule has 140 valence electrons. The zero-order valence-corrected chi connectivity index (χ0v) is 16.7. The van der Waals surface area contributed by atoms with Crippen LogP contribution in [0.25, 0.3) is 0 Å². The third kappa shape index (κ3) is 3.47. The van der Waals surface area contributed by atoms with Gasteiger partial charge >= 0.3 is 0 Å². The molecule has 4 rings (SSSR count). The van der Waals surface area contributed by atoms with Gasteiger partial charge in [-0.2, -0.15) is 4.31 Å². The Morgan fingerprint density at radius 2 is 1.96 bits per heavy atom. The van der Waals surface area contributed by atoms with E-state index in [1.54, 1.807) is 12.1 Å². The molecule has 0 N–H and O–H groups in total. The number of benzene rings is 1. The van der Waals surface area contributed by atoms with Gasteiger partial charge in [0.25, 0.3) is 0 Å². The largest absolute Gasteiger partial charge is 0.243 e. The summed E-state index contributed by atoms with van der Waals surface area (Å²) in [4.78, 5) is 1.19. The van der Waals surface area contributed by atoms with E-state index < -0.39 is 25.9 Å². The van der Waals surface area contributed by atoms with Crippen LogP contribution < -0.4 is 0 Å². The van der Waals surface area contributed by atoms with Crippen LogP contribution in [0.15, 0.2) is 40.6 Å². The summed E-state index contributed by atoms with van der Waals surface area (Å²) in [6.07, 6.45) is 3.31. The second-order valence-electron chi connectivity index (χ2n) is 6.97. The fourth-order valence-electron chi connectivity index (χ4n) is 3.81. The maximum Gasteiger partial charge on any atom is 0.243 e. The molecule has 2 aromatic rings. The van der Waals surface area contributed by atoms with Gasteiger partial charge < -0.3 is 0 Å². The molecular weight excluding hydrogens is 390 g/mol. The minimum atomic E-state index is -3.76. The molecule has 1 unspecified atom stereocenters. The lowest BCUT2D eigenvalue weighted by atomic mass is 10.1. The highest BCUT2D eigenvalue weighted by Crippen LogP contribution is 2.31. The van der Waals surface area contributed by atoms with Gasteiger partial charge in [-0.05, 0) is 60.4 Å². The quantitative estimate of drug-likeness (QED) is 0.758. The first-order valence-corrected chi connectivity index (χ1v) is 12.9. The average Bonchev–Trinajstić information content (AvgIpc) is 3.32. The summed E-state index contributed by atoms with van der Waals surface area (Å²) in [5.74, 6) is -0.0408. The molecule has 0 amide bonds. The molecule has 1 atom stereocenters. The van der Waals surface area contributed by atoms with E-state index in [1.165, 1.54) is 21.2 Å². The predicted molar refractivity (Wildman–Crippen MR) is 103 cm³/mol. The van der Waals surface area contributed by atoms with Gasteiger partial charge in [-0.25, -0.2) is 16.8 Å². The highest BCUT2D eigenvalue weighted by atomic mass is 32.2. The van der Waals surface area contributed by atoms with E-state index in [0.29, 0.717) is 6.42 Å². The molecule has 0 radical (unpaired) electrons. The lowest BCUT2D eigenvalue weighted by molar-refractivity contribution is 0.336. The molecule has 2 aliphatic rings. The highest BCUT2D eigenvalue weighted by molar-refractivity contribution is 7.92. The Morgan fingerprint density at radius 3 is 2.65 bits per heavy atom. The molecule has 0 spiro atoms. The number of sulfone groups is 1. The first kappa shape index (κ1) is 18.2. The Morgan fingerprint density at radius 1 is 1.15 bits per heavy atom. The van der Waals surface area contributed by atoms with Crippen molar-refractivity contribution in [2.24, 2.45) is 0 Å². The minimum absolute atomic E-state index is 0.0539. The van der Waals surface area contributed by atoms with Gasteiger partial charge in [0.05, 0.1) is 16.4 Å². The van der Waals surface area contributed by atoms with Crippen molar-refractivity contribution in [3.63, 3.8) is 0 Å². The Bertz CT molecular complexity index is 1010. The Labute approximate surface area is 158 Å². The van der Waals surface area contributed by atoms with Gasteiger partial charge in [0.2, 0.25) is 10.0 Å². The lowest BCUT2D eigenvalue weighted by Gasteiger charge is -2.27. The molecule has 0 saturated carbocycles. The van der Waals surface area contributed by atoms with Crippen molar-refractivity contribution < 1.29 is 16.8 Å². The van der Waals surface area contributed by atoms with E-state index in [4.69, 9.17) is 0 Å². The summed E-state index contributed by atoms with van der Waals surface area (Å²) in [6.45, 7) is 0.220. The number of thiophene rings is 1. The van der Waals surface area contributed by atoms with E-state index >= 15 is 0 Å². The lowest BCUT2D eigenvalue weighted by Crippen LogP contribution is -2.40. The van der Waals surface area contributed by atoms with Crippen LogP contribution >= 0.6 is 11.3 Å². The normalized spacial score (nSPS) is 22.0. The Hall–Kier alpha value is -1.22. The monoisotopic (exact) mass is 411 g/mol.